The third-order valence-corrected chi connectivity index (χ3v) is 5.48. The Bertz CT molecular complexity index is 1080. The first-order valence-electron chi connectivity index (χ1n) is 9.88. The fraction of sp³-hybridized carbons (Fsp3) is 0.0833. The van der Waals surface area contributed by atoms with Crippen LogP contribution in [0.4, 0.5) is 11.1 Å². The van der Waals surface area contributed by atoms with Gasteiger partial charge in [0, 0.05) is 11.5 Å². The van der Waals surface area contributed by atoms with E-state index in [9.17, 15) is 4.79 Å². The van der Waals surface area contributed by atoms with E-state index < -0.39 is 11.4 Å². The Balaban J connectivity index is 1.79. The van der Waals surface area contributed by atoms with Gasteiger partial charge in [-0.2, -0.15) is 9.36 Å². The van der Waals surface area contributed by atoms with Crippen molar-refractivity contribution in [2.45, 2.75) is 5.54 Å². The molecule has 0 bridgehead atoms. The molecular formula is C24H21N5O2S. The Labute approximate surface area is 190 Å². The number of hydrogen-bond donors (Lipinski definition) is 2. The zero-order chi connectivity index (χ0) is 22.2. The van der Waals surface area contributed by atoms with Crippen molar-refractivity contribution in [3.63, 3.8) is 0 Å². The number of oxime groups is 1. The smallest absolute Gasteiger partial charge is 0.272 e. The first-order chi connectivity index (χ1) is 15.7. The van der Waals surface area contributed by atoms with E-state index in [1.807, 2.05) is 54.6 Å². The molecule has 1 amide bonds. The molecule has 0 atom stereocenters. The molecule has 4 aromatic rings. The standard InChI is InChI=1S/C24H21N5O2S/c1-31-25-17-21(30)26-22-27-23(32-29-22)28-24(18-11-5-2-6-12-18,19-13-7-3-8-14-19)20-15-9-4-10-16-20/h2-17H,1H3,(H2,26,27,28,29,30). The Morgan fingerprint density at radius 1 is 0.906 bits per heavy atom. The first kappa shape index (κ1) is 21.2. The first-order valence-corrected chi connectivity index (χ1v) is 10.7. The molecule has 3 aromatic carbocycles. The van der Waals surface area contributed by atoms with E-state index in [2.05, 4.69) is 66.4 Å². The van der Waals surface area contributed by atoms with Crippen LogP contribution >= 0.6 is 11.5 Å². The van der Waals surface area contributed by atoms with Crippen molar-refractivity contribution < 1.29 is 9.63 Å². The van der Waals surface area contributed by atoms with Crippen molar-refractivity contribution in [3.8, 4) is 0 Å². The number of carbonyl (C=O) groups is 1. The van der Waals surface area contributed by atoms with Gasteiger partial charge in [-0.3, -0.25) is 10.1 Å². The normalized spacial score (nSPS) is 11.3. The van der Waals surface area contributed by atoms with Crippen molar-refractivity contribution in [3.05, 3.63) is 108 Å². The lowest BCUT2D eigenvalue weighted by atomic mass is 9.77. The van der Waals surface area contributed by atoms with Gasteiger partial charge >= 0.3 is 0 Å². The molecule has 0 fully saturated rings. The lowest BCUT2D eigenvalue weighted by Gasteiger charge is -2.36. The Morgan fingerprint density at radius 3 is 1.88 bits per heavy atom. The van der Waals surface area contributed by atoms with Gasteiger partial charge in [0.1, 0.15) is 18.9 Å². The van der Waals surface area contributed by atoms with Crippen LogP contribution in [0.3, 0.4) is 0 Å². The summed E-state index contributed by atoms with van der Waals surface area (Å²) in [5.74, 6) is -0.287. The average molecular weight is 444 g/mol. The minimum atomic E-state index is -0.720. The Morgan fingerprint density at radius 2 is 1.41 bits per heavy atom. The van der Waals surface area contributed by atoms with Crippen LogP contribution in [0.25, 0.3) is 0 Å². The summed E-state index contributed by atoms with van der Waals surface area (Å²) in [5.41, 5.74) is 2.42. The summed E-state index contributed by atoms with van der Waals surface area (Å²) in [5, 5.41) is 10.2. The van der Waals surface area contributed by atoms with Crippen LogP contribution in [-0.2, 0) is 15.2 Å². The molecule has 0 aliphatic carbocycles. The van der Waals surface area contributed by atoms with Gasteiger partial charge in [-0.25, -0.2) is 0 Å². The van der Waals surface area contributed by atoms with Crippen LogP contribution in [0, 0.1) is 0 Å². The monoisotopic (exact) mass is 443 g/mol. The van der Waals surface area contributed by atoms with E-state index in [0.717, 1.165) is 34.4 Å². The zero-order valence-electron chi connectivity index (χ0n) is 17.3. The molecule has 1 aromatic heterocycles. The number of nitrogens with one attached hydrogen (secondary N) is 2. The molecule has 4 rings (SSSR count). The van der Waals surface area contributed by atoms with Crippen LogP contribution in [-0.4, -0.2) is 28.6 Å². The summed E-state index contributed by atoms with van der Waals surface area (Å²) in [6.45, 7) is 0. The predicted octanol–water partition coefficient (Wildman–Crippen LogP) is 4.51. The van der Waals surface area contributed by atoms with Crippen LogP contribution < -0.4 is 10.6 Å². The number of amides is 1. The van der Waals surface area contributed by atoms with Gasteiger partial charge in [0.15, 0.2) is 0 Å². The van der Waals surface area contributed by atoms with Crippen LogP contribution in [0.1, 0.15) is 16.7 Å². The van der Waals surface area contributed by atoms with Crippen molar-refractivity contribution in [1.29, 1.82) is 0 Å². The van der Waals surface area contributed by atoms with Gasteiger partial charge in [0.25, 0.3) is 5.91 Å². The molecule has 1 heterocycles. The van der Waals surface area contributed by atoms with Gasteiger partial charge in [-0.05, 0) is 16.7 Å². The SMILES string of the molecule is CON=CC(=O)Nc1nsc(NC(c2ccccc2)(c2ccccc2)c2ccccc2)n1. The van der Waals surface area contributed by atoms with Gasteiger partial charge in [0.2, 0.25) is 11.1 Å². The minimum Gasteiger partial charge on any atom is -0.399 e. The molecule has 32 heavy (non-hydrogen) atoms. The van der Waals surface area contributed by atoms with Crippen molar-refractivity contribution in [1.82, 2.24) is 9.36 Å². The summed E-state index contributed by atoms with van der Waals surface area (Å²) in [6, 6.07) is 30.5. The van der Waals surface area contributed by atoms with Crippen molar-refractivity contribution in [2.24, 2.45) is 5.16 Å². The topological polar surface area (TPSA) is 88.5 Å². The molecular weight excluding hydrogens is 422 g/mol. The second-order valence-electron chi connectivity index (χ2n) is 6.80. The third-order valence-electron chi connectivity index (χ3n) is 4.85. The highest BCUT2D eigenvalue weighted by molar-refractivity contribution is 7.09. The van der Waals surface area contributed by atoms with E-state index in [4.69, 9.17) is 0 Å². The van der Waals surface area contributed by atoms with E-state index in [1.54, 1.807) is 0 Å². The number of hydrogen-bond acceptors (Lipinski definition) is 7. The molecule has 0 aliphatic rings. The summed E-state index contributed by atoms with van der Waals surface area (Å²) in [7, 11) is 1.36. The molecule has 2 N–H and O–H groups in total. The fourth-order valence-electron chi connectivity index (χ4n) is 3.51. The lowest BCUT2D eigenvalue weighted by molar-refractivity contribution is -0.110. The van der Waals surface area contributed by atoms with E-state index in [-0.39, 0.29) is 5.95 Å². The maximum atomic E-state index is 11.9. The van der Waals surface area contributed by atoms with Crippen molar-refractivity contribution >= 4 is 34.7 Å². The van der Waals surface area contributed by atoms with Crippen molar-refractivity contribution in [2.75, 3.05) is 17.7 Å². The molecule has 7 nitrogen and oxygen atoms in total. The molecule has 0 radical (unpaired) electrons. The summed E-state index contributed by atoms with van der Waals surface area (Å²) >= 11 is 1.16. The maximum Gasteiger partial charge on any atom is 0.272 e. The number of rotatable bonds is 8. The van der Waals surface area contributed by atoms with E-state index in [0.29, 0.717) is 5.13 Å². The van der Waals surface area contributed by atoms with Gasteiger partial charge in [-0.1, -0.05) is 96.2 Å². The molecule has 160 valence electrons. The Hall–Kier alpha value is -4.04. The molecule has 8 heteroatoms. The lowest BCUT2D eigenvalue weighted by Crippen LogP contribution is -2.38. The predicted molar refractivity (Wildman–Crippen MR) is 127 cm³/mol. The highest BCUT2D eigenvalue weighted by Crippen LogP contribution is 2.40. The number of benzene rings is 3. The largest absolute Gasteiger partial charge is 0.399 e. The van der Waals surface area contributed by atoms with E-state index in [1.165, 1.54) is 7.11 Å². The quantitative estimate of drug-likeness (QED) is 0.238. The van der Waals surface area contributed by atoms with Crippen LogP contribution in [0.5, 0.6) is 0 Å². The van der Waals surface area contributed by atoms with Gasteiger partial charge in [-0.15, -0.1) is 0 Å². The second-order valence-corrected chi connectivity index (χ2v) is 7.55. The molecule has 0 aliphatic heterocycles. The summed E-state index contributed by atoms with van der Waals surface area (Å²) in [4.78, 5) is 20.9. The molecule has 0 saturated carbocycles. The average Bonchev–Trinajstić information content (AvgIpc) is 3.29. The van der Waals surface area contributed by atoms with Crippen LogP contribution in [0.15, 0.2) is 96.2 Å². The van der Waals surface area contributed by atoms with Gasteiger partial charge in [0.05, 0.1) is 0 Å². The molecule has 0 spiro atoms. The number of aromatic nitrogens is 2. The molecule has 0 unspecified atom stereocenters. The highest BCUT2D eigenvalue weighted by atomic mass is 32.1. The number of nitrogens with zero attached hydrogens (tertiary/aromatic N) is 3. The highest BCUT2D eigenvalue weighted by Gasteiger charge is 2.37. The maximum absolute atomic E-state index is 11.9. The fourth-order valence-corrected chi connectivity index (χ4v) is 4.09. The number of carbonyl (C=O) groups excluding carboxylic acids is 1. The third kappa shape index (κ3) is 4.50. The Kier molecular flexibility index (Phi) is 6.52. The van der Waals surface area contributed by atoms with E-state index >= 15 is 0 Å². The number of anilines is 2. The second kappa shape index (κ2) is 9.84. The van der Waals surface area contributed by atoms with Crippen LogP contribution in [0.2, 0.25) is 0 Å². The summed E-state index contributed by atoms with van der Waals surface area (Å²) in [6.07, 6.45) is 1.02. The minimum absolute atomic E-state index is 0.188. The molecule has 0 saturated heterocycles. The zero-order valence-corrected chi connectivity index (χ0v) is 18.1. The van der Waals surface area contributed by atoms with Gasteiger partial charge < -0.3 is 10.2 Å². The summed E-state index contributed by atoms with van der Waals surface area (Å²) < 4.78 is 4.26.